The Bertz CT molecular complexity index is 1170. The van der Waals surface area contributed by atoms with E-state index in [1.807, 2.05) is 37.3 Å². The predicted octanol–water partition coefficient (Wildman–Crippen LogP) is 6.10. The molecule has 1 heterocycles. The fourth-order valence-electron chi connectivity index (χ4n) is 2.85. The van der Waals surface area contributed by atoms with Crippen molar-refractivity contribution in [3.63, 3.8) is 0 Å². The lowest BCUT2D eigenvalue weighted by Crippen LogP contribution is -2.16. The number of hydrogen-bond acceptors (Lipinski definition) is 5. The highest BCUT2D eigenvalue weighted by Gasteiger charge is 2.23. The Morgan fingerprint density at radius 3 is 2.45 bits per heavy atom. The number of halogens is 1. The van der Waals surface area contributed by atoms with Gasteiger partial charge < -0.3 is 10.1 Å². The molecule has 0 radical (unpaired) electrons. The number of anilines is 1. The lowest BCUT2D eigenvalue weighted by atomic mass is 10.0. The molecule has 5 nitrogen and oxygen atoms in total. The van der Waals surface area contributed by atoms with E-state index in [1.165, 1.54) is 17.4 Å². The molecule has 3 rings (SSSR count). The van der Waals surface area contributed by atoms with Crippen molar-refractivity contribution in [3.8, 4) is 17.2 Å². The SMILES string of the molecule is CCOC(=O)c1c(-c2ccc(C)cc2)csc1NC(=O)/C(C#N)=C/c1ccc(Cl)cc1. The van der Waals surface area contributed by atoms with Gasteiger partial charge in [0.2, 0.25) is 0 Å². The van der Waals surface area contributed by atoms with Crippen LogP contribution in [0.3, 0.4) is 0 Å². The summed E-state index contributed by atoms with van der Waals surface area (Å²) in [6.07, 6.45) is 1.46. The number of hydrogen-bond donors (Lipinski definition) is 1. The number of amides is 1. The maximum absolute atomic E-state index is 12.8. The average molecular weight is 451 g/mol. The second kappa shape index (κ2) is 10.1. The van der Waals surface area contributed by atoms with Crippen molar-refractivity contribution in [2.45, 2.75) is 13.8 Å². The van der Waals surface area contributed by atoms with E-state index in [9.17, 15) is 14.9 Å². The van der Waals surface area contributed by atoms with Gasteiger partial charge in [0.15, 0.2) is 0 Å². The zero-order valence-corrected chi connectivity index (χ0v) is 18.5. The fourth-order valence-corrected chi connectivity index (χ4v) is 3.92. The van der Waals surface area contributed by atoms with Gasteiger partial charge in [0.1, 0.15) is 22.2 Å². The highest BCUT2D eigenvalue weighted by Crippen LogP contribution is 2.36. The number of nitriles is 1. The number of nitrogens with one attached hydrogen (secondary N) is 1. The van der Waals surface area contributed by atoms with Gasteiger partial charge in [-0.1, -0.05) is 53.6 Å². The summed E-state index contributed by atoms with van der Waals surface area (Å²) in [5.41, 5.74) is 3.43. The van der Waals surface area contributed by atoms with E-state index in [2.05, 4.69) is 5.32 Å². The standard InChI is InChI=1S/C24H19ClN2O3S/c1-3-30-24(29)21-20(17-8-4-15(2)5-9-17)14-31-23(21)27-22(28)18(13-26)12-16-6-10-19(25)11-7-16/h4-12,14H,3H2,1-2H3,(H,27,28)/b18-12+. The van der Waals surface area contributed by atoms with Gasteiger partial charge >= 0.3 is 5.97 Å². The van der Waals surface area contributed by atoms with Gasteiger partial charge in [-0.25, -0.2) is 4.79 Å². The molecule has 31 heavy (non-hydrogen) atoms. The summed E-state index contributed by atoms with van der Waals surface area (Å²) in [5, 5.41) is 14.8. The number of benzene rings is 2. The zero-order chi connectivity index (χ0) is 22.4. The maximum atomic E-state index is 12.8. The van der Waals surface area contributed by atoms with Crippen LogP contribution >= 0.6 is 22.9 Å². The van der Waals surface area contributed by atoms with Gasteiger partial charge in [0, 0.05) is 16.0 Å². The summed E-state index contributed by atoms with van der Waals surface area (Å²) in [7, 11) is 0. The van der Waals surface area contributed by atoms with E-state index in [0.717, 1.165) is 11.1 Å². The lowest BCUT2D eigenvalue weighted by Gasteiger charge is -2.09. The minimum atomic E-state index is -0.611. The van der Waals surface area contributed by atoms with E-state index in [1.54, 1.807) is 36.6 Å². The molecular formula is C24H19ClN2O3S. The Hall–Kier alpha value is -3.40. The van der Waals surface area contributed by atoms with Crippen LogP contribution < -0.4 is 5.32 Å². The smallest absolute Gasteiger partial charge is 0.341 e. The van der Waals surface area contributed by atoms with Crippen molar-refractivity contribution >= 4 is 45.9 Å². The second-order valence-electron chi connectivity index (χ2n) is 6.62. The second-order valence-corrected chi connectivity index (χ2v) is 7.93. The third kappa shape index (κ3) is 5.40. The predicted molar refractivity (Wildman–Crippen MR) is 124 cm³/mol. The molecule has 0 unspecified atom stereocenters. The number of aryl methyl sites for hydroxylation is 1. The topological polar surface area (TPSA) is 79.2 Å². The normalized spacial score (nSPS) is 11.0. The largest absolute Gasteiger partial charge is 0.462 e. The minimum Gasteiger partial charge on any atom is -0.462 e. The van der Waals surface area contributed by atoms with E-state index >= 15 is 0 Å². The summed E-state index contributed by atoms with van der Waals surface area (Å²) in [6.45, 7) is 3.90. The van der Waals surface area contributed by atoms with Crippen molar-refractivity contribution in [2.24, 2.45) is 0 Å². The number of thiophene rings is 1. The molecule has 0 aliphatic heterocycles. The molecule has 2 aromatic carbocycles. The van der Waals surface area contributed by atoms with Crippen LogP contribution in [-0.2, 0) is 9.53 Å². The molecule has 0 bridgehead atoms. The first-order valence-electron chi connectivity index (χ1n) is 9.47. The quantitative estimate of drug-likeness (QED) is 0.279. The van der Waals surface area contributed by atoms with Crippen LogP contribution in [0.25, 0.3) is 17.2 Å². The third-order valence-corrected chi connectivity index (χ3v) is 5.55. The van der Waals surface area contributed by atoms with Crippen LogP contribution in [0, 0.1) is 18.3 Å². The lowest BCUT2D eigenvalue weighted by molar-refractivity contribution is -0.112. The Morgan fingerprint density at radius 2 is 1.84 bits per heavy atom. The molecule has 0 aliphatic carbocycles. The molecule has 1 aromatic heterocycles. The van der Waals surface area contributed by atoms with E-state index < -0.39 is 11.9 Å². The van der Waals surface area contributed by atoms with E-state index in [-0.39, 0.29) is 17.7 Å². The molecule has 0 saturated carbocycles. The van der Waals surface area contributed by atoms with Gasteiger partial charge in [0.25, 0.3) is 5.91 Å². The van der Waals surface area contributed by atoms with Crippen molar-refractivity contribution in [3.05, 3.63) is 81.2 Å². The molecule has 156 valence electrons. The van der Waals surface area contributed by atoms with E-state index in [0.29, 0.717) is 21.2 Å². The Balaban J connectivity index is 1.95. The highest BCUT2D eigenvalue weighted by atomic mass is 35.5. The van der Waals surface area contributed by atoms with E-state index in [4.69, 9.17) is 16.3 Å². The zero-order valence-electron chi connectivity index (χ0n) is 16.9. The Kier molecular flexibility index (Phi) is 7.24. The van der Waals surface area contributed by atoms with Crippen molar-refractivity contribution < 1.29 is 14.3 Å². The number of nitrogens with zero attached hydrogens (tertiary/aromatic N) is 1. The molecule has 3 aromatic rings. The number of esters is 1. The summed E-state index contributed by atoms with van der Waals surface area (Å²) in [4.78, 5) is 25.4. The van der Waals surface area contributed by atoms with Gasteiger partial charge in [-0.05, 0) is 43.2 Å². The third-order valence-electron chi connectivity index (χ3n) is 4.41. The Labute approximate surface area is 189 Å². The molecule has 0 spiro atoms. The Morgan fingerprint density at radius 1 is 1.16 bits per heavy atom. The van der Waals surface area contributed by atoms with Crippen molar-refractivity contribution in [1.82, 2.24) is 0 Å². The summed E-state index contributed by atoms with van der Waals surface area (Å²) in [6, 6.07) is 16.4. The fraction of sp³-hybridized carbons (Fsp3) is 0.125. The first-order chi connectivity index (χ1) is 14.9. The minimum absolute atomic E-state index is 0.0950. The van der Waals surface area contributed by atoms with Crippen molar-refractivity contribution in [2.75, 3.05) is 11.9 Å². The molecule has 0 aliphatic rings. The summed E-state index contributed by atoms with van der Waals surface area (Å²) < 4.78 is 5.21. The van der Waals surface area contributed by atoms with Crippen LogP contribution in [-0.4, -0.2) is 18.5 Å². The molecular weight excluding hydrogens is 432 g/mol. The number of rotatable bonds is 6. The first kappa shape index (κ1) is 22.3. The highest BCUT2D eigenvalue weighted by molar-refractivity contribution is 7.15. The van der Waals surface area contributed by atoms with Gasteiger partial charge in [-0.2, -0.15) is 5.26 Å². The molecule has 0 fully saturated rings. The van der Waals surface area contributed by atoms with Crippen LogP contribution in [0.4, 0.5) is 5.00 Å². The number of ether oxygens (including phenoxy) is 1. The van der Waals surface area contributed by atoms with Gasteiger partial charge in [-0.15, -0.1) is 11.3 Å². The van der Waals surface area contributed by atoms with Gasteiger partial charge in [0.05, 0.1) is 6.61 Å². The van der Waals surface area contributed by atoms with Gasteiger partial charge in [-0.3, -0.25) is 4.79 Å². The number of carbonyl (C=O) groups is 2. The van der Waals surface area contributed by atoms with Crippen LogP contribution in [0.2, 0.25) is 5.02 Å². The first-order valence-corrected chi connectivity index (χ1v) is 10.7. The number of carbonyl (C=O) groups excluding carboxylic acids is 2. The van der Waals surface area contributed by atoms with Crippen LogP contribution in [0.1, 0.15) is 28.4 Å². The molecule has 1 amide bonds. The molecule has 1 N–H and O–H groups in total. The summed E-state index contributed by atoms with van der Waals surface area (Å²) >= 11 is 7.09. The molecule has 7 heteroatoms. The summed E-state index contributed by atoms with van der Waals surface area (Å²) in [5.74, 6) is -1.14. The monoisotopic (exact) mass is 450 g/mol. The molecule has 0 atom stereocenters. The van der Waals surface area contributed by atoms with Crippen LogP contribution in [0.15, 0.2) is 59.5 Å². The molecule has 0 saturated heterocycles. The maximum Gasteiger partial charge on any atom is 0.341 e. The average Bonchev–Trinajstić information content (AvgIpc) is 3.17. The van der Waals surface area contributed by atoms with Crippen molar-refractivity contribution in [1.29, 1.82) is 5.26 Å². The van der Waals surface area contributed by atoms with Crippen LogP contribution in [0.5, 0.6) is 0 Å².